The summed E-state index contributed by atoms with van der Waals surface area (Å²) in [5.41, 5.74) is 3.25. The number of likely N-dealkylation sites (tertiary alicyclic amines) is 1. The van der Waals surface area contributed by atoms with Gasteiger partial charge in [-0.15, -0.1) is 0 Å². The molecule has 1 amide bonds. The molecule has 1 saturated heterocycles. The second-order valence-corrected chi connectivity index (χ2v) is 8.13. The molecule has 1 aliphatic rings. The van der Waals surface area contributed by atoms with E-state index in [0.29, 0.717) is 11.6 Å². The van der Waals surface area contributed by atoms with E-state index in [1.165, 1.54) is 5.56 Å². The van der Waals surface area contributed by atoms with Crippen molar-refractivity contribution in [3.05, 3.63) is 57.8 Å². The monoisotopic (exact) mass is 413 g/mol. The SMILES string of the molecule is CN=C(NCCc1cccc(C(=O)NC)c1)NC1CCN(Cc2ccsc2)CC1. The summed E-state index contributed by atoms with van der Waals surface area (Å²) in [6.45, 7) is 4.04. The van der Waals surface area contributed by atoms with Gasteiger partial charge in [-0.25, -0.2) is 0 Å². The number of piperidine rings is 1. The molecule has 3 rings (SSSR count). The van der Waals surface area contributed by atoms with Crippen LogP contribution >= 0.6 is 11.3 Å². The van der Waals surface area contributed by atoms with E-state index in [0.717, 1.165) is 57.0 Å². The molecule has 2 aromatic rings. The van der Waals surface area contributed by atoms with Gasteiger partial charge in [0, 0.05) is 51.9 Å². The molecule has 7 heteroatoms. The van der Waals surface area contributed by atoms with E-state index >= 15 is 0 Å². The molecule has 1 aliphatic heterocycles. The minimum Gasteiger partial charge on any atom is -0.356 e. The average molecular weight is 414 g/mol. The number of rotatable bonds is 7. The summed E-state index contributed by atoms with van der Waals surface area (Å²) in [6.07, 6.45) is 3.09. The van der Waals surface area contributed by atoms with Gasteiger partial charge in [-0.05, 0) is 59.3 Å². The fourth-order valence-electron chi connectivity index (χ4n) is 3.60. The number of hydrogen-bond donors (Lipinski definition) is 3. The Morgan fingerprint density at radius 2 is 2.07 bits per heavy atom. The van der Waals surface area contributed by atoms with Crippen LogP contribution in [0.2, 0.25) is 0 Å². The van der Waals surface area contributed by atoms with Crippen molar-refractivity contribution >= 4 is 23.2 Å². The zero-order valence-corrected chi connectivity index (χ0v) is 18.1. The van der Waals surface area contributed by atoms with Crippen LogP contribution in [0.1, 0.15) is 34.3 Å². The Morgan fingerprint density at radius 3 is 2.76 bits per heavy atom. The van der Waals surface area contributed by atoms with Gasteiger partial charge in [-0.2, -0.15) is 11.3 Å². The lowest BCUT2D eigenvalue weighted by atomic mass is 10.0. The second-order valence-electron chi connectivity index (χ2n) is 7.35. The molecule has 1 aromatic heterocycles. The molecule has 1 fully saturated rings. The molecule has 0 atom stereocenters. The number of amides is 1. The zero-order chi connectivity index (χ0) is 20.5. The third-order valence-corrected chi connectivity index (χ3v) is 5.99. The van der Waals surface area contributed by atoms with Crippen molar-refractivity contribution in [2.24, 2.45) is 4.99 Å². The minimum absolute atomic E-state index is 0.0531. The fraction of sp³-hybridized carbons (Fsp3) is 0.455. The largest absolute Gasteiger partial charge is 0.356 e. The van der Waals surface area contributed by atoms with Gasteiger partial charge in [-0.3, -0.25) is 14.7 Å². The Morgan fingerprint density at radius 1 is 1.24 bits per heavy atom. The predicted molar refractivity (Wildman–Crippen MR) is 121 cm³/mol. The average Bonchev–Trinajstić information content (AvgIpc) is 3.27. The van der Waals surface area contributed by atoms with Crippen LogP contribution in [0, 0.1) is 0 Å². The first-order valence-corrected chi connectivity index (χ1v) is 11.1. The lowest BCUT2D eigenvalue weighted by molar-refractivity contribution is 0.0963. The van der Waals surface area contributed by atoms with E-state index in [1.807, 2.05) is 31.3 Å². The maximum atomic E-state index is 11.8. The summed E-state index contributed by atoms with van der Waals surface area (Å²) in [6, 6.07) is 10.4. The summed E-state index contributed by atoms with van der Waals surface area (Å²) in [5, 5.41) is 14.0. The summed E-state index contributed by atoms with van der Waals surface area (Å²) in [4.78, 5) is 18.7. The first-order chi connectivity index (χ1) is 14.2. The van der Waals surface area contributed by atoms with Crippen molar-refractivity contribution < 1.29 is 4.79 Å². The molecule has 0 aliphatic carbocycles. The van der Waals surface area contributed by atoms with Crippen LogP contribution in [0.5, 0.6) is 0 Å². The lowest BCUT2D eigenvalue weighted by Crippen LogP contribution is -2.48. The van der Waals surface area contributed by atoms with Gasteiger partial charge in [0.2, 0.25) is 0 Å². The van der Waals surface area contributed by atoms with E-state index in [-0.39, 0.29) is 5.91 Å². The molecule has 2 heterocycles. The van der Waals surface area contributed by atoms with Crippen molar-refractivity contribution in [1.29, 1.82) is 0 Å². The molecule has 0 unspecified atom stereocenters. The molecule has 3 N–H and O–H groups in total. The number of carbonyl (C=O) groups excluding carboxylic acids is 1. The highest BCUT2D eigenvalue weighted by Gasteiger charge is 2.20. The number of aliphatic imine (C=N–C) groups is 1. The Balaban J connectivity index is 1.39. The van der Waals surface area contributed by atoms with E-state index in [9.17, 15) is 4.79 Å². The Hall–Kier alpha value is -2.38. The first-order valence-electron chi connectivity index (χ1n) is 10.2. The van der Waals surface area contributed by atoms with E-state index < -0.39 is 0 Å². The third kappa shape index (κ3) is 6.58. The van der Waals surface area contributed by atoms with Gasteiger partial charge >= 0.3 is 0 Å². The zero-order valence-electron chi connectivity index (χ0n) is 17.3. The van der Waals surface area contributed by atoms with Crippen LogP contribution in [-0.4, -0.2) is 56.5 Å². The van der Waals surface area contributed by atoms with Crippen molar-refractivity contribution in [3.8, 4) is 0 Å². The summed E-state index contributed by atoms with van der Waals surface area (Å²) in [5.74, 6) is 0.798. The van der Waals surface area contributed by atoms with Crippen LogP contribution < -0.4 is 16.0 Å². The summed E-state index contributed by atoms with van der Waals surface area (Å²) in [7, 11) is 3.46. The molecule has 29 heavy (non-hydrogen) atoms. The highest BCUT2D eigenvalue weighted by atomic mass is 32.1. The Bertz CT molecular complexity index is 797. The summed E-state index contributed by atoms with van der Waals surface area (Å²) >= 11 is 1.77. The third-order valence-electron chi connectivity index (χ3n) is 5.26. The number of carbonyl (C=O) groups is 1. The van der Waals surface area contributed by atoms with Gasteiger partial charge in [0.25, 0.3) is 5.91 Å². The molecular weight excluding hydrogens is 382 g/mol. The highest BCUT2D eigenvalue weighted by Crippen LogP contribution is 2.15. The number of benzene rings is 1. The number of nitrogens with one attached hydrogen (secondary N) is 3. The quantitative estimate of drug-likeness (QED) is 0.482. The van der Waals surface area contributed by atoms with Crippen LogP contribution in [0.25, 0.3) is 0 Å². The minimum atomic E-state index is -0.0531. The topological polar surface area (TPSA) is 68.8 Å². The first kappa shape index (κ1) is 21.3. The van der Waals surface area contributed by atoms with Crippen molar-refractivity contribution in [2.45, 2.75) is 31.8 Å². The molecular formula is C22H31N5OS. The Kier molecular flexibility index (Phi) is 8.07. The maximum Gasteiger partial charge on any atom is 0.251 e. The van der Waals surface area contributed by atoms with Gasteiger partial charge in [0.15, 0.2) is 5.96 Å². The van der Waals surface area contributed by atoms with Gasteiger partial charge in [-0.1, -0.05) is 12.1 Å². The molecule has 6 nitrogen and oxygen atoms in total. The van der Waals surface area contributed by atoms with Crippen LogP contribution in [0.3, 0.4) is 0 Å². The van der Waals surface area contributed by atoms with E-state index in [1.54, 1.807) is 18.4 Å². The maximum absolute atomic E-state index is 11.8. The van der Waals surface area contributed by atoms with Crippen molar-refractivity contribution in [1.82, 2.24) is 20.9 Å². The molecule has 156 valence electrons. The number of thiophene rings is 1. The molecule has 0 bridgehead atoms. The van der Waals surface area contributed by atoms with Crippen LogP contribution in [-0.2, 0) is 13.0 Å². The van der Waals surface area contributed by atoms with E-state index in [2.05, 4.69) is 42.7 Å². The number of nitrogens with zero attached hydrogens (tertiary/aromatic N) is 2. The summed E-state index contributed by atoms with van der Waals surface area (Å²) < 4.78 is 0. The van der Waals surface area contributed by atoms with Gasteiger partial charge in [0.05, 0.1) is 0 Å². The van der Waals surface area contributed by atoms with Gasteiger partial charge in [0.1, 0.15) is 0 Å². The van der Waals surface area contributed by atoms with Crippen molar-refractivity contribution in [2.75, 3.05) is 33.7 Å². The molecule has 0 spiro atoms. The standard InChI is InChI=1S/C22H31N5OS/c1-23-21(28)19-5-3-4-17(14-19)6-10-25-22(24-2)26-20-7-11-27(12-8-20)15-18-9-13-29-16-18/h3-5,9,13-14,16,20H,6-8,10-12,15H2,1-2H3,(H,23,28)(H2,24,25,26). The number of guanidine groups is 1. The van der Waals surface area contributed by atoms with Crippen LogP contribution in [0.15, 0.2) is 46.1 Å². The predicted octanol–water partition coefficient (Wildman–Crippen LogP) is 2.48. The highest BCUT2D eigenvalue weighted by molar-refractivity contribution is 7.07. The molecule has 0 radical (unpaired) electrons. The van der Waals surface area contributed by atoms with Crippen LogP contribution in [0.4, 0.5) is 0 Å². The lowest BCUT2D eigenvalue weighted by Gasteiger charge is -2.33. The number of hydrogen-bond acceptors (Lipinski definition) is 4. The second kappa shape index (κ2) is 11.0. The van der Waals surface area contributed by atoms with Crippen molar-refractivity contribution in [3.63, 3.8) is 0 Å². The molecule has 1 aromatic carbocycles. The molecule has 0 saturated carbocycles. The van der Waals surface area contributed by atoms with E-state index in [4.69, 9.17) is 0 Å². The Labute approximate surface area is 177 Å². The van der Waals surface area contributed by atoms with Gasteiger partial charge < -0.3 is 16.0 Å². The fourth-order valence-corrected chi connectivity index (χ4v) is 4.26. The smallest absolute Gasteiger partial charge is 0.251 e. The normalized spacial score (nSPS) is 15.9.